The summed E-state index contributed by atoms with van der Waals surface area (Å²) in [6.07, 6.45) is -3.94. The Morgan fingerprint density at radius 1 is 1.00 bits per heavy atom. The second kappa shape index (κ2) is 25.5. The Kier molecular flexibility index (Phi) is 21.2. The number of phosphoric ester groups is 1. The molecule has 1 aliphatic rings. The van der Waals surface area contributed by atoms with Crippen LogP contribution in [0.5, 0.6) is 0 Å². The van der Waals surface area contributed by atoms with E-state index >= 15 is 0 Å². The number of ether oxygens (including phenoxy) is 3. The number of aliphatic imine (C=N–C) groups is 1. The number of anilines is 1. The molecule has 2 aromatic rings. The molecular weight excluding hydrogens is 875 g/mol. The van der Waals surface area contributed by atoms with Gasteiger partial charge in [0.1, 0.15) is 48.4 Å². The van der Waals surface area contributed by atoms with Crippen molar-refractivity contribution in [2.24, 2.45) is 22.4 Å². The van der Waals surface area contributed by atoms with Crippen molar-refractivity contribution in [1.29, 1.82) is 0 Å². The van der Waals surface area contributed by atoms with Gasteiger partial charge in [0.15, 0.2) is 6.23 Å². The van der Waals surface area contributed by atoms with Gasteiger partial charge < -0.3 is 62.5 Å². The van der Waals surface area contributed by atoms with Crippen LogP contribution in [-0.2, 0) is 48.9 Å². The molecule has 0 radical (unpaired) electrons. The minimum atomic E-state index is -4.94. The Hall–Kier alpha value is -5.20. The van der Waals surface area contributed by atoms with Gasteiger partial charge in [0.25, 0.3) is 0 Å². The van der Waals surface area contributed by atoms with Gasteiger partial charge >= 0.3 is 25.6 Å². The van der Waals surface area contributed by atoms with Crippen LogP contribution in [0.1, 0.15) is 90.5 Å². The highest BCUT2D eigenvalue weighted by atomic mass is 31.2. The summed E-state index contributed by atoms with van der Waals surface area (Å²) < 4.78 is 39.2. The molecule has 8 atom stereocenters. The van der Waals surface area contributed by atoms with Crippen LogP contribution in [0.15, 0.2) is 46.3 Å². The van der Waals surface area contributed by atoms with E-state index in [-0.39, 0.29) is 57.1 Å². The van der Waals surface area contributed by atoms with Gasteiger partial charge in [-0.3, -0.25) is 23.7 Å². The fraction of sp³-hybridized carbons (Fsp3) is 0.625. The number of carbonyl (C=O) groups is 4. The number of hydrogen-bond acceptors (Lipinski definition) is 17. The molecule has 3 rings (SSSR count). The summed E-state index contributed by atoms with van der Waals surface area (Å²) in [5, 5.41) is 28.8. The number of aromatic nitrogens is 2. The minimum absolute atomic E-state index is 0.0175. The van der Waals surface area contributed by atoms with E-state index < -0.39 is 98.2 Å². The number of alkyl carbamates (subject to hydrolysis) is 1. The predicted octanol–water partition coefficient (Wildman–Crippen LogP) is 0.268. The Labute approximate surface area is 376 Å². The lowest BCUT2D eigenvalue weighted by atomic mass is 10.0. The van der Waals surface area contributed by atoms with E-state index in [1.807, 2.05) is 50.5 Å². The van der Waals surface area contributed by atoms with Crippen LogP contribution in [0.2, 0.25) is 0 Å². The number of unbranched alkanes of at least 4 members (excludes halogenated alkanes) is 1. The Bertz CT molecular complexity index is 2020. The highest BCUT2D eigenvalue weighted by molar-refractivity contribution is 7.47. The quantitative estimate of drug-likeness (QED) is 0.0169. The number of hydrogen-bond donors (Lipinski definition) is 10. The molecule has 1 aromatic heterocycles. The van der Waals surface area contributed by atoms with Gasteiger partial charge in [-0.05, 0) is 83.8 Å². The summed E-state index contributed by atoms with van der Waals surface area (Å²) in [5.41, 5.74) is 19.7. The molecule has 0 saturated carbocycles. The van der Waals surface area contributed by atoms with Crippen molar-refractivity contribution in [3.63, 3.8) is 0 Å². The maximum atomic E-state index is 13.8. The van der Waals surface area contributed by atoms with Crippen molar-refractivity contribution < 1.29 is 62.2 Å². The van der Waals surface area contributed by atoms with Gasteiger partial charge in [-0.1, -0.05) is 43.7 Å². The van der Waals surface area contributed by atoms with Gasteiger partial charge in [0.05, 0.1) is 12.6 Å². The largest absolute Gasteiger partial charge is 0.493 e. The number of nitrogens with two attached hydrogens (primary N) is 3. The number of hydroxylamine groups is 1. The first-order valence-electron chi connectivity index (χ1n) is 21.1. The molecule has 2 heterocycles. The minimum Gasteiger partial charge on any atom is -0.459 e. The second-order valence-electron chi connectivity index (χ2n) is 16.8. The molecule has 364 valence electrons. The van der Waals surface area contributed by atoms with Crippen molar-refractivity contribution in [2.75, 3.05) is 25.4 Å². The Morgan fingerprint density at radius 3 is 2.32 bits per heavy atom. The molecule has 0 aliphatic carbocycles. The van der Waals surface area contributed by atoms with E-state index in [0.29, 0.717) is 12.8 Å². The number of guanidine groups is 1. The van der Waals surface area contributed by atoms with Crippen LogP contribution in [-0.4, -0.2) is 116 Å². The number of rotatable bonds is 24. The fourth-order valence-electron chi connectivity index (χ4n) is 6.11. The summed E-state index contributed by atoms with van der Waals surface area (Å²) in [6, 6.07) is 5.41. The standard InChI is InChI=1S/C40H65N10O14P/c1-23(2)20-28(36(55)60-21-25-14-12-24(3)13-15-25)47-34(54)27(46-33(53)26(41)10-7-8-17-45-39(57)63-40(4,5)6)11-9-18-44-37(43)49-64-65(58,59)61-22-29-31(51)32(52)35(62-29)50-19-16-30(42)48-38(50)56/h12-16,19,23,26-29,31-32,35,51-52H,7-11,17-18,20-22,41H2,1-6H3,(H,45,57)(H,46,53)(H,47,54)(H,58,59)(H2,42,48,56)(H3,43,44,49)/t26?,27?,28?,29-,31-,32-,35-/m1/s1. The molecule has 4 unspecified atom stereocenters. The fourth-order valence-corrected chi connectivity index (χ4v) is 6.71. The maximum Gasteiger partial charge on any atom is 0.493 e. The zero-order valence-electron chi connectivity index (χ0n) is 37.5. The number of nitrogens with one attached hydrogen (secondary N) is 4. The van der Waals surface area contributed by atoms with Crippen LogP contribution in [0.3, 0.4) is 0 Å². The van der Waals surface area contributed by atoms with Crippen molar-refractivity contribution in [1.82, 2.24) is 31.0 Å². The number of esters is 1. The number of phosphoric acid groups is 1. The highest BCUT2D eigenvalue weighted by Crippen LogP contribution is 2.43. The zero-order valence-corrected chi connectivity index (χ0v) is 38.4. The molecule has 1 aliphatic heterocycles. The third-order valence-electron chi connectivity index (χ3n) is 9.45. The molecule has 24 nitrogen and oxygen atoms in total. The van der Waals surface area contributed by atoms with Gasteiger partial charge in [-0.25, -0.2) is 24.4 Å². The van der Waals surface area contributed by atoms with E-state index in [1.165, 1.54) is 12.3 Å². The van der Waals surface area contributed by atoms with Crippen LogP contribution in [0, 0.1) is 12.8 Å². The molecule has 1 aromatic carbocycles. The molecule has 1 saturated heterocycles. The molecule has 25 heteroatoms. The zero-order chi connectivity index (χ0) is 48.5. The molecule has 1 fully saturated rings. The lowest BCUT2D eigenvalue weighted by Crippen LogP contribution is -2.54. The summed E-state index contributed by atoms with van der Waals surface area (Å²) in [7, 11) is -4.94. The third kappa shape index (κ3) is 19.4. The third-order valence-corrected chi connectivity index (χ3v) is 10.3. The Balaban J connectivity index is 1.59. The molecular formula is C40H65N10O14P. The molecule has 13 N–H and O–H groups in total. The number of nitrogen functional groups attached to an aromatic ring is 1. The lowest BCUT2D eigenvalue weighted by Gasteiger charge is -2.24. The molecule has 65 heavy (non-hydrogen) atoms. The molecule has 0 spiro atoms. The topological polar surface area (TPSA) is 366 Å². The summed E-state index contributed by atoms with van der Waals surface area (Å²) in [5.74, 6) is -2.58. The molecule has 3 amide bonds. The number of benzene rings is 1. The second-order valence-corrected chi connectivity index (χ2v) is 18.2. The number of carbonyl (C=O) groups excluding carboxylic acids is 4. The number of amides is 3. The van der Waals surface area contributed by atoms with Crippen molar-refractivity contribution >= 4 is 43.5 Å². The summed E-state index contributed by atoms with van der Waals surface area (Å²) in [4.78, 5) is 82.2. The normalized spacial score (nSPS) is 20.0. The van der Waals surface area contributed by atoms with Gasteiger partial charge in [0, 0.05) is 19.3 Å². The number of nitrogens with zero attached hydrogens (tertiary/aromatic N) is 3. The van der Waals surface area contributed by atoms with Crippen molar-refractivity contribution in [3.05, 3.63) is 58.1 Å². The van der Waals surface area contributed by atoms with Crippen LogP contribution in [0.4, 0.5) is 10.6 Å². The van der Waals surface area contributed by atoms with Crippen molar-refractivity contribution in [3.8, 4) is 0 Å². The van der Waals surface area contributed by atoms with Gasteiger partial charge in [-0.2, -0.15) is 9.61 Å². The van der Waals surface area contributed by atoms with Gasteiger partial charge in [-0.15, -0.1) is 0 Å². The molecule has 0 bridgehead atoms. The van der Waals surface area contributed by atoms with Crippen LogP contribution < -0.4 is 44.3 Å². The average Bonchev–Trinajstić information content (AvgIpc) is 3.50. The monoisotopic (exact) mass is 940 g/mol. The average molecular weight is 941 g/mol. The van der Waals surface area contributed by atoms with Gasteiger partial charge in [0.2, 0.25) is 17.8 Å². The van der Waals surface area contributed by atoms with E-state index in [9.17, 15) is 43.6 Å². The smallest absolute Gasteiger partial charge is 0.459 e. The number of aliphatic hydroxyl groups is 2. The first kappa shape index (κ1) is 54.1. The summed E-state index contributed by atoms with van der Waals surface area (Å²) in [6.45, 7) is 10.3. The van der Waals surface area contributed by atoms with E-state index in [1.54, 1.807) is 20.8 Å². The van der Waals surface area contributed by atoms with Crippen molar-refractivity contribution in [2.45, 2.75) is 135 Å². The van der Waals surface area contributed by atoms with E-state index in [2.05, 4.69) is 30.6 Å². The van der Waals surface area contributed by atoms with Crippen LogP contribution in [0.25, 0.3) is 0 Å². The highest BCUT2D eigenvalue weighted by Gasteiger charge is 2.45. The maximum absolute atomic E-state index is 13.8. The van der Waals surface area contributed by atoms with E-state index in [4.69, 9.17) is 35.9 Å². The number of aliphatic hydroxyl groups excluding tert-OH is 2. The summed E-state index contributed by atoms with van der Waals surface area (Å²) >= 11 is 0. The van der Waals surface area contributed by atoms with E-state index in [0.717, 1.165) is 15.7 Å². The predicted molar refractivity (Wildman–Crippen MR) is 235 cm³/mol. The lowest BCUT2D eigenvalue weighted by molar-refractivity contribution is -0.150. The number of aryl methyl sites for hydroxylation is 1. The van der Waals surface area contributed by atoms with Crippen LogP contribution >= 0.6 is 7.82 Å². The first-order chi connectivity index (χ1) is 30.4. The first-order valence-corrected chi connectivity index (χ1v) is 22.6. The SMILES string of the molecule is Cc1ccc(COC(=O)C(CC(C)C)NC(=O)C(CCCN=C(N)NOP(=O)(O)OC[C@H]2O[C@@H](n3ccc(N)nc3=O)[C@H](O)[C@@H]2O)NC(=O)C(N)CCCCNC(=O)OC(C)(C)C)cc1. The Morgan fingerprint density at radius 2 is 1.68 bits per heavy atom.